The molecule has 2 nitrogen and oxygen atoms in total. The first kappa shape index (κ1) is 8.38. The number of fused-ring (bicyclic) bond motifs is 1. The van der Waals surface area contributed by atoms with Crippen LogP contribution >= 0.6 is 0 Å². The fourth-order valence-electron chi connectivity index (χ4n) is 2.30. The lowest BCUT2D eigenvalue weighted by molar-refractivity contribution is 0.0962. The third-order valence-electron chi connectivity index (χ3n) is 2.86. The summed E-state index contributed by atoms with van der Waals surface area (Å²) in [4.78, 5) is 1.89. The van der Waals surface area contributed by atoms with Crippen molar-refractivity contribution in [3.8, 4) is 0 Å². The van der Waals surface area contributed by atoms with Crippen molar-refractivity contribution in [2.45, 2.75) is 6.43 Å². The molecule has 4 heteroatoms. The van der Waals surface area contributed by atoms with Gasteiger partial charge in [-0.3, -0.25) is 4.90 Å². The van der Waals surface area contributed by atoms with Crippen LogP contribution in [-0.2, 0) is 0 Å². The van der Waals surface area contributed by atoms with E-state index in [9.17, 15) is 8.78 Å². The Hall–Kier alpha value is -0.220. The molecule has 2 unspecified atom stereocenters. The third kappa shape index (κ3) is 1.59. The Bertz CT molecular complexity index is 151. The van der Waals surface area contributed by atoms with Gasteiger partial charge in [0.2, 0.25) is 0 Å². The van der Waals surface area contributed by atoms with Crippen molar-refractivity contribution in [3.63, 3.8) is 0 Å². The van der Waals surface area contributed by atoms with Crippen molar-refractivity contribution in [3.05, 3.63) is 0 Å². The van der Waals surface area contributed by atoms with Gasteiger partial charge in [0.05, 0.1) is 6.54 Å². The van der Waals surface area contributed by atoms with Gasteiger partial charge < -0.3 is 5.32 Å². The summed E-state index contributed by atoms with van der Waals surface area (Å²) >= 11 is 0. The summed E-state index contributed by atoms with van der Waals surface area (Å²) in [5.74, 6) is 1.26. The van der Waals surface area contributed by atoms with E-state index in [0.29, 0.717) is 11.8 Å². The van der Waals surface area contributed by atoms with Gasteiger partial charge in [0.15, 0.2) is 0 Å². The van der Waals surface area contributed by atoms with Crippen LogP contribution in [0.1, 0.15) is 0 Å². The lowest BCUT2D eigenvalue weighted by atomic mass is 10.0. The first-order valence-corrected chi connectivity index (χ1v) is 4.47. The summed E-state index contributed by atoms with van der Waals surface area (Å²) in [6.45, 7) is 3.73. The zero-order valence-corrected chi connectivity index (χ0v) is 6.97. The molecule has 2 fully saturated rings. The largest absolute Gasteiger partial charge is 0.316 e. The lowest BCUT2D eigenvalue weighted by Gasteiger charge is -2.15. The lowest BCUT2D eigenvalue weighted by Crippen LogP contribution is -2.29. The van der Waals surface area contributed by atoms with Gasteiger partial charge in [0, 0.05) is 13.1 Å². The fourth-order valence-corrected chi connectivity index (χ4v) is 2.30. The van der Waals surface area contributed by atoms with E-state index in [1.54, 1.807) is 0 Å². The second kappa shape index (κ2) is 3.26. The highest BCUT2D eigenvalue weighted by atomic mass is 19.3. The molecule has 0 aromatic heterocycles. The van der Waals surface area contributed by atoms with E-state index < -0.39 is 6.43 Å². The van der Waals surface area contributed by atoms with Crippen LogP contribution in [0.25, 0.3) is 0 Å². The van der Waals surface area contributed by atoms with Crippen molar-refractivity contribution >= 4 is 0 Å². The second-order valence-corrected chi connectivity index (χ2v) is 3.79. The van der Waals surface area contributed by atoms with E-state index >= 15 is 0 Å². The summed E-state index contributed by atoms with van der Waals surface area (Å²) in [5, 5.41) is 3.28. The minimum absolute atomic E-state index is 0.0347. The molecule has 1 N–H and O–H groups in total. The van der Waals surface area contributed by atoms with E-state index in [1.165, 1.54) is 0 Å². The summed E-state index contributed by atoms with van der Waals surface area (Å²) in [6.07, 6.45) is -2.17. The van der Waals surface area contributed by atoms with Gasteiger partial charge in [0.25, 0.3) is 6.43 Å². The van der Waals surface area contributed by atoms with Crippen molar-refractivity contribution in [2.75, 3.05) is 32.7 Å². The molecule has 2 atom stereocenters. The Morgan fingerprint density at radius 1 is 1.25 bits per heavy atom. The summed E-state index contributed by atoms with van der Waals surface area (Å²) in [5.41, 5.74) is 0. The number of likely N-dealkylation sites (tertiary alicyclic amines) is 1. The SMILES string of the molecule is FC(F)CN1CC2CNCC2C1. The Morgan fingerprint density at radius 2 is 1.83 bits per heavy atom. The van der Waals surface area contributed by atoms with E-state index in [2.05, 4.69) is 5.32 Å². The highest BCUT2D eigenvalue weighted by Gasteiger charge is 2.36. The highest BCUT2D eigenvalue weighted by molar-refractivity contribution is 4.91. The zero-order valence-electron chi connectivity index (χ0n) is 6.97. The highest BCUT2D eigenvalue weighted by Crippen LogP contribution is 2.26. The number of nitrogens with one attached hydrogen (secondary N) is 1. The van der Waals surface area contributed by atoms with Crippen molar-refractivity contribution < 1.29 is 8.78 Å². The summed E-state index contributed by atoms with van der Waals surface area (Å²) in [6, 6.07) is 0. The monoisotopic (exact) mass is 176 g/mol. The van der Waals surface area contributed by atoms with Gasteiger partial charge in [0.1, 0.15) is 0 Å². The number of alkyl halides is 2. The Kier molecular flexibility index (Phi) is 2.28. The molecule has 0 radical (unpaired) electrons. The number of rotatable bonds is 2. The first-order chi connectivity index (χ1) is 5.75. The molecule has 2 saturated heterocycles. The number of halogens is 2. The maximum atomic E-state index is 12.0. The second-order valence-electron chi connectivity index (χ2n) is 3.79. The quantitative estimate of drug-likeness (QED) is 0.655. The topological polar surface area (TPSA) is 15.3 Å². The summed E-state index contributed by atoms with van der Waals surface area (Å²) < 4.78 is 24.0. The maximum absolute atomic E-state index is 12.0. The van der Waals surface area contributed by atoms with Crippen LogP contribution in [0, 0.1) is 11.8 Å². The van der Waals surface area contributed by atoms with Crippen molar-refractivity contribution in [1.82, 2.24) is 10.2 Å². The van der Waals surface area contributed by atoms with Crippen molar-refractivity contribution in [1.29, 1.82) is 0 Å². The van der Waals surface area contributed by atoms with Crippen LogP contribution in [0.15, 0.2) is 0 Å². The maximum Gasteiger partial charge on any atom is 0.251 e. The molecule has 2 aliphatic rings. The van der Waals surface area contributed by atoms with Crippen LogP contribution in [0.5, 0.6) is 0 Å². The Labute approximate surface area is 70.9 Å². The molecular weight excluding hydrogens is 162 g/mol. The smallest absolute Gasteiger partial charge is 0.251 e. The molecule has 70 valence electrons. The number of hydrogen-bond acceptors (Lipinski definition) is 2. The van der Waals surface area contributed by atoms with Gasteiger partial charge in [-0.25, -0.2) is 8.78 Å². The normalized spacial score (nSPS) is 36.2. The van der Waals surface area contributed by atoms with E-state index in [1.807, 2.05) is 4.90 Å². The summed E-state index contributed by atoms with van der Waals surface area (Å²) in [7, 11) is 0. The minimum Gasteiger partial charge on any atom is -0.316 e. The molecule has 0 saturated carbocycles. The van der Waals surface area contributed by atoms with Gasteiger partial charge >= 0.3 is 0 Å². The molecule has 0 spiro atoms. The van der Waals surface area contributed by atoms with Crippen LogP contribution in [0.2, 0.25) is 0 Å². The zero-order chi connectivity index (χ0) is 8.55. The third-order valence-corrected chi connectivity index (χ3v) is 2.86. The van der Waals surface area contributed by atoms with Crippen molar-refractivity contribution in [2.24, 2.45) is 11.8 Å². The van der Waals surface area contributed by atoms with E-state index in [-0.39, 0.29) is 6.54 Å². The Morgan fingerprint density at radius 3 is 2.33 bits per heavy atom. The average molecular weight is 176 g/mol. The van der Waals surface area contributed by atoms with Crippen LogP contribution in [0.3, 0.4) is 0 Å². The molecule has 0 aliphatic carbocycles. The standard InChI is InChI=1S/C8H14F2N2/c9-8(10)5-12-3-6-1-11-2-7(6)4-12/h6-8,11H,1-5H2. The Balaban J connectivity index is 1.82. The molecular formula is C8H14F2N2. The van der Waals surface area contributed by atoms with E-state index in [4.69, 9.17) is 0 Å². The van der Waals surface area contributed by atoms with Crippen LogP contribution in [-0.4, -0.2) is 44.0 Å². The number of hydrogen-bond donors (Lipinski definition) is 1. The van der Waals surface area contributed by atoms with Gasteiger partial charge in [-0.2, -0.15) is 0 Å². The van der Waals surface area contributed by atoms with Gasteiger partial charge in [-0.1, -0.05) is 0 Å². The molecule has 0 aromatic carbocycles. The molecule has 2 rings (SSSR count). The molecule has 12 heavy (non-hydrogen) atoms. The first-order valence-electron chi connectivity index (χ1n) is 4.47. The molecule has 2 heterocycles. The van der Waals surface area contributed by atoms with E-state index in [0.717, 1.165) is 26.2 Å². The molecule has 0 amide bonds. The average Bonchev–Trinajstić information content (AvgIpc) is 2.43. The van der Waals surface area contributed by atoms with Crippen LogP contribution < -0.4 is 5.32 Å². The number of nitrogens with zero attached hydrogens (tertiary/aromatic N) is 1. The predicted molar refractivity (Wildman–Crippen MR) is 42.3 cm³/mol. The van der Waals surface area contributed by atoms with Crippen LogP contribution in [0.4, 0.5) is 8.78 Å². The predicted octanol–water partition coefficient (Wildman–Crippen LogP) is 0.403. The van der Waals surface area contributed by atoms with Gasteiger partial charge in [-0.05, 0) is 24.9 Å². The molecule has 0 bridgehead atoms. The minimum atomic E-state index is -2.17. The fraction of sp³-hybridized carbons (Fsp3) is 1.00. The molecule has 0 aromatic rings. The van der Waals surface area contributed by atoms with Gasteiger partial charge in [-0.15, -0.1) is 0 Å². The molecule has 2 aliphatic heterocycles.